The van der Waals surface area contributed by atoms with Gasteiger partial charge in [-0.15, -0.1) is 10.0 Å². The first-order chi connectivity index (χ1) is 29.4. The zero-order valence-corrected chi connectivity index (χ0v) is 33.4. The molecule has 4 fully saturated rings. The third-order valence-electron chi connectivity index (χ3n) is 10.1. The molecule has 0 radical (unpaired) electrons. The van der Waals surface area contributed by atoms with Crippen molar-refractivity contribution in [3.63, 3.8) is 0 Å². The van der Waals surface area contributed by atoms with Gasteiger partial charge in [0.25, 0.3) is 17.7 Å². The zero-order valence-electron chi connectivity index (χ0n) is 33.4. The minimum atomic E-state index is -1.83. The van der Waals surface area contributed by atoms with Gasteiger partial charge in [-0.25, -0.2) is 5.48 Å². The Morgan fingerprint density at radius 3 is 1.71 bits per heavy atom. The molecule has 14 N–H and O–H groups in total. The van der Waals surface area contributed by atoms with Crippen LogP contribution >= 0.6 is 0 Å². The molecule has 5 amide bonds. The average molecular weight is 904 g/mol. The number of aliphatic hydroxyl groups excluding tert-OH is 11. The summed E-state index contributed by atoms with van der Waals surface area (Å²) in [5.74, 6) is -4.13. The number of nitrogens with zero attached hydrogens (tertiary/aromatic N) is 2. The Labute approximate surface area is 352 Å². The number of imide groups is 1. The van der Waals surface area contributed by atoms with Gasteiger partial charge in [0.1, 0.15) is 67.1 Å². The number of rotatable bonds is 22. The van der Waals surface area contributed by atoms with Crippen LogP contribution in [-0.4, -0.2) is 253 Å². The van der Waals surface area contributed by atoms with E-state index < -0.39 is 167 Å². The Bertz CT molecular complexity index is 1470. The molecule has 0 aromatic carbocycles. The van der Waals surface area contributed by atoms with Gasteiger partial charge in [-0.3, -0.25) is 28.9 Å². The lowest BCUT2D eigenvalue weighted by atomic mass is 9.99. The number of amides is 5. The van der Waals surface area contributed by atoms with Gasteiger partial charge in [0.05, 0.1) is 64.8 Å². The van der Waals surface area contributed by atoms with E-state index in [1.807, 2.05) is 5.48 Å². The van der Waals surface area contributed by atoms with Crippen molar-refractivity contribution in [1.82, 2.24) is 26.1 Å². The highest BCUT2D eigenvalue weighted by Gasteiger charge is 2.46. The lowest BCUT2D eigenvalue weighted by Crippen LogP contribution is -2.60. The van der Waals surface area contributed by atoms with Crippen LogP contribution in [0.3, 0.4) is 0 Å². The van der Waals surface area contributed by atoms with E-state index in [1.165, 1.54) is 6.92 Å². The number of aliphatic hydroxyl groups is 11. The van der Waals surface area contributed by atoms with E-state index in [0.717, 1.165) is 4.90 Å². The normalized spacial score (nSPS) is 35.8. The molecule has 4 heterocycles. The van der Waals surface area contributed by atoms with E-state index in [4.69, 9.17) is 33.4 Å². The molecule has 0 unspecified atom stereocenters. The molecule has 62 heavy (non-hydrogen) atoms. The minimum Gasteiger partial charge on any atom is -0.394 e. The maximum absolute atomic E-state index is 13.5. The smallest absolute Gasteiger partial charge is 0.259 e. The van der Waals surface area contributed by atoms with E-state index in [0.29, 0.717) is 5.06 Å². The molecule has 0 bridgehead atoms. The van der Waals surface area contributed by atoms with Gasteiger partial charge in [0.2, 0.25) is 11.8 Å². The molecule has 0 aromatic heterocycles. The molecule has 4 aliphatic rings. The minimum absolute atomic E-state index is 0.160. The number of hydroxylamine groups is 3. The zero-order chi connectivity index (χ0) is 45.8. The lowest BCUT2D eigenvalue weighted by molar-refractivity contribution is -0.304. The van der Waals surface area contributed by atoms with Gasteiger partial charge in [0.15, 0.2) is 18.9 Å². The number of carbonyl (C=O) groups is 5. The van der Waals surface area contributed by atoms with E-state index >= 15 is 0 Å². The monoisotopic (exact) mass is 903 g/mol. The predicted molar refractivity (Wildman–Crippen MR) is 194 cm³/mol. The largest absolute Gasteiger partial charge is 0.394 e. The Kier molecular flexibility index (Phi) is 20.1. The molecule has 0 spiro atoms. The van der Waals surface area contributed by atoms with Gasteiger partial charge < -0.3 is 95.2 Å². The average Bonchev–Trinajstić information content (AvgIpc) is 3.56. The number of hydrogen-bond acceptors (Lipinski definition) is 24. The summed E-state index contributed by atoms with van der Waals surface area (Å²) in [6, 6.07) is -1.13. The summed E-state index contributed by atoms with van der Waals surface area (Å²) in [5.41, 5.74) is 1.89. The Morgan fingerprint density at radius 1 is 0.661 bits per heavy atom. The van der Waals surface area contributed by atoms with Crippen molar-refractivity contribution < 1.29 is 114 Å². The summed E-state index contributed by atoms with van der Waals surface area (Å²) in [4.78, 5) is 69.1. The van der Waals surface area contributed by atoms with Crippen molar-refractivity contribution in [1.29, 1.82) is 0 Å². The van der Waals surface area contributed by atoms with Crippen molar-refractivity contribution >= 4 is 29.5 Å². The van der Waals surface area contributed by atoms with Crippen LogP contribution < -0.4 is 16.1 Å². The summed E-state index contributed by atoms with van der Waals surface area (Å²) in [5, 5.41) is 116. The first-order valence-corrected chi connectivity index (χ1v) is 19.6. The third-order valence-corrected chi connectivity index (χ3v) is 10.1. The fourth-order valence-corrected chi connectivity index (χ4v) is 6.55. The summed E-state index contributed by atoms with van der Waals surface area (Å²) in [6.45, 7) is -3.59. The fourth-order valence-electron chi connectivity index (χ4n) is 6.55. The molecular formula is C34H57N5O23. The number of nitrogens with one attached hydrogen (secondary N) is 3. The number of carbonyl (C=O) groups excluding carboxylic acids is 5. The van der Waals surface area contributed by atoms with Crippen LogP contribution in [0.25, 0.3) is 0 Å². The Hall–Kier alpha value is -3.21. The Balaban J connectivity index is 1.41. The van der Waals surface area contributed by atoms with Gasteiger partial charge in [-0.1, -0.05) is 0 Å². The molecule has 28 nitrogen and oxygen atoms in total. The van der Waals surface area contributed by atoms with Crippen molar-refractivity contribution in [2.75, 3.05) is 59.2 Å². The van der Waals surface area contributed by atoms with E-state index in [-0.39, 0.29) is 39.0 Å². The first kappa shape index (κ1) is 51.4. The Morgan fingerprint density at radius 2 is 1.15 bits per heavy atom. The maximum atomic E-state index is 13.5. The highest BCUT2D eigenvalue weighted by molar-refractivity contribution is 6.00. The van der Waals surface area contributed by atoms with Crippen LogP contribution in [-0.2, 0) is 57.3 Å². The van der Waals surface area contributed by atoms with Crippen molar-refractivity contribution in [3.05, 3.63) is 0 Å². The third kappa shape index (κ3) is 13.9. The van der Waals surface area contributed by atoms with Crippen LogP contribution in [0, 0.1) is 0 Å². The SMILES string of the molecule is C[C@@H]1O[C@@H](OCCNC(=O)CN(CC(=O)NON2C(=O)CCC2=O)CC(=O)N[C@H](CCO[C@H]2O[C@H](CO)[C@@H](O)[C@H](O)[C@@H]2O)CO[C@H]2O[C@H](CO)[C@@H](O)[C@H](O)[C@@H]2O)[C@@H](O)[C@H](O)[C@@H]1O. The van der Waals surface area contributed by atoms with Crippen molar-refractivity contribution in [2.24, 2.45) is 0 Å². The second kappa shape index (κ2) is 24.2. The topological polar surface area (TPSA) is 415 Å². The van der Waals surface area contributed by atoms with E-state index in [2.05, 4.69) is 10.6 Å². The second-order valence-corrected chi connectivity index (χ2v) is 14.9. The summed E-state index contributed by atoms with van der Waals surface area (Å²) in [7, 11) is 0. The number of ether oxygens (including phenoxy) is 6. The molecule has 16 atom stereocenters. The molecule has 4 rings (SSSR count). The molecule has 0 aliphatic carbocycles. The quantitative estimate of drug-likeness (QED) is 0.0272. The van der Waals surface area contributed by atoms with E-state index in [9.17, 15) is 80.1 Å². The molecule has 28 heteroatoms. The molecule has 356 valence electrons. The van der Waals surface area contributed by atoms with Gasteiger partial charge in [0, 0.05) is 19.4 Å². The van der Waals surface area contributed by atoms with Crippen LogP contribution in [0.2, 0.25) is 0 Å². The van der Waals surface area contributed by atoms with Crippen LogP contribution in [0.4, 0.5) is 0 Å². The molecule has 0 saturated carbocycles. The summed E-state index contributed by atoms with van der Waals surface area (Å²) >= 11 is 0. The first-order valence-electron chi connectivity index (χ1n) is 19.6. The molecule has 0 aromatic rings. The van der Waals surface area contributed by atoms with Gasteiger partial charge in [-0.2, -0.15) is 0 Å². The summed E-state index contributed by atoms with van der Waals surface area (Å²) < 4.78 is 32.5. The standard InChI is InChI=1S/C34H57N5O23/c1-14-23(47)26(50)29(53)32(59-14)57-7-5-35-18(42)8-38(10-20(44)37-62-39-21(45)2-3-22(39)46)9-19(43)36-15(13-58-34-31(55)28(52)25(49)17(12-41)61-34)4-6-56-33-30(54)27(51)24(48)16(11-40)60-33/h14-17,23-34,40-41,47-55H,2-13H2,1H3,(H,35,42)(H,36,43)(H,37,44)/t14-,15+,16+,17+,23+,24+,25+,26+,27-,28-,29-,30-,31-,32+,33-,34-/m0/s1. The van der Waals surface area contributed by atoms with Crippen molar-refractivity contribution in [2.45, 2.75) is 124 Å². The van der Waals surface area contributed by atoms with Crippen LogP contribution in [0.1, 0.15) is 26.2 Å². The van der Waals surface area contributed by atoms with Crippen LogP contribution in [0.15, 0.2) is 0 Å². The molecule has 4 saturated heterocycles. The highest BCUT2D eigenvalue weighted by Crippen LogP contribution is 2.25. The highest BCUT2D eigenvalue weighted by atomic mass is 16.8. The maximum Gasteiger partial charge on any atom is 0.259 e. The summed E-state index contributed by atoms with van der Waals surface area (Å²) in [6.07, 6.45) is -23.7. The molecule has 4 aliphatic heterocycles. The van der Waals surface area contributed by atoms with Crippen molar-refractivity contribution in [3.8, 4) is 0 Å². The van der Waals surface area contributed by atoms with Gasteiger partial charge >= 0.3 is 0 Å². The molecular weight excluding hydrogens is 846 g/mol. The predicted octanol–water partition coefficient (Wildman–Crippen LogP) is -10.1. The fraction of sp³-hybridized carbons (Fsp3) is 0.853. The second-order valence-electron chi connectivity index (χ2n) is 14.9. The number of hydrogen-bond donors (Lipinski definition) is 14. The van der Waals surface area contributed by atoms with Crippen LogP contribution in [0.5, 0.6) is 0 Å². The lowest BCUT2D eigenvalue weighted by Gasteiger charge is -2.40. The van der Waals surface area contributed by atoms with E-state index in [1.54, 1.807) is 0 Å². The van der Waals surface area contributed by atoms with Gasteiger partial charge in [-0.05, 0) is 13.3 Å².